The first kappa shape index (κ1) is 13.3. The van der Waals surface area contributed by atoms with E-state index >= 15 is 0 Å². The maximum absolute atomic E-state index is 9.69. The number of carbonyl (C=O) groups is 1. The van der Waals surface area contributed by atoms with E-state index in [0.717, 1.165) is 0 Å². The molecular weight excluding hydrogens is 223 g/mol. The molecule has 0 bridgehead atoms. The molecule has 0 spiro atoms. The number of hydrogen-bond donors (Lipinski definition) is 0. The van der Waals surface area contributed by atoms with Crippen LogP contribution in [0.15, 0.2) is 30.3 Å². The molecule has 0 N–H and O–H groups in total. The maximum atomic E-state index is 9.69. The molecule has 0 aliphatic rings. The average Bonchev–Trinajstić information content (AvgIpc) is 2.17. The molecule has 0 saturated carbocycles. The predicted molar refractivity (Wildman–Crippen MR) is 59.1 cm³/mol. The van der Waals surface area contributed by atoms with Crippen LogP contribution in [0.1, 0.15) is 5.56 Å². The number of halogens is 2. The van der Waals surface area contributed by atoms with Gasteiger partial charge < -0.3 is 4.74 Å². The lowest BCUT2D eigenvalue weighted by atomic mass is 10.2. The van der Waals surface area contributed by atoms with Gasteiger partial charge in [-0.15, -0.1) is 11.6 Å². The summed E-state index contributed by atoms with van der Waals surface area (Å²) in [7, 11) is 0. The minimum absolute atomic E-state index is 0.184. The van der Waals surface area contributed by atoms with Crippen LogP contribution in [0.25, 0.3) is 0 Å². The lowest BCUT2D eigenvalue weighted by Crippen LogP contribution is -1.96. The SMILES string of the molecule is Cc1ccccc1.O=C(Cl)OCCCl. The Bertz CT molecular complexity index is 250. The van der Waals surface area contributed by atoms with Gasteiger partial charge in [-0.1, -0.05) is 35.9 Å². The van der Waals surface area contributed by atoms with Crippen LogP contribution in [0.5, 0.6) is 0 Å². The number of carbonyl (C=O) groups excluding carboxylic acids is 1. The van der Waals surface area contributed by atoms with Crippen molar-refractivity contribution in [3.63, 3.8) is 0 Å². The van der Waals surface area contributed by atoms with E-state index in [2.05, 4.69) is 23.8 Å². The quantitative estimate of drug-likeness (QED) is 0.578. The fourth-order valence-corrected chi connectivity index (χ4v) is 0.807. The lowest BCUT2D eigenvalue weighted by molar-refractivity contribution is 0.180. The second-order valence-electron chi connectivity index (χ2n) is 2.43. The largest absolute Gasteiger partial charge is 0.452 e. The first-order chi connectivity index (χ1) is 6.66. The van der Waals surface area contributed by atoms with Crippen molar-refractivity contribution in [1.82, 2.24) is 0 Å². The molecule has 1 aromatic carbocycles. The molecule has 1 rings (SSSR count). The van der Waals surface area contributed by atoms with E-state index in [0.29, 0.717) is 5.88 Å². The van der Waals surface area contributed by atoms with E-state index in [-0.39, 0.29) is 6.61 Å². The number of aryl methyl sites for hydroxylation is 1. The first-order valence-corrected chi connectivity index (χ1v) is 4.98. The zero-order valence-corrected chi connectivity index (χ0v) is 9.39. The molecule has 4 heteroatoms. The van der Waals surface area contributed by atoms with Crippen LogP contribution in [-0.2, 0) is 4.74 Å². The molecule has 0 saturated heterocycles. The molecule has 78 valence electrons. The third kappa shape index (κ3) is 9.36. The highest BCUT2D eigenvalue weighted by Crippen LogP contribution is 1.92. The van der Waals surface area contributed by atoms with E-state index in [1.54, 1.807) is 0 Å². The summed E-state index contributed by atoms with van der Waals surface area (Å²) in [6.07, 6.45) is 0. The zero-order chi connectivity index (χ0) is 10.8. The third-order valence-corrected chi connectivity index (χ3v) is 1.50. The fraction of sp³-hybridized carbons (Fsp3) is 0.300. The molecule has 0 heterocycles. The Labute approximate surface area is 93.8 Å². The molecule has 0 amide bonds. The van der Waals surface area contributed by atoms with Gasteiger partial charge in [0, 0.05) is 11.6 Å². The van der Waals surface area contributed by atoms with Gasteiger partial charge >= 0.3 is 5.43 Å². The summed E-state index contributed by atoms with van der Waals surface area (Å²) in [5.74, 6) is 0.290. The van der Waals surface area contributed by atoms with Gasteiger partial charge in [0.15, 0.2) is 0 Å². The highest BCUT2D eigenvalue weighted by molar-refractivity contribution is 6.61. The molecule has 0 atom stereocenters. The first-order valence-electron chi connectivity index (χ1n) is 4.06. The van der Waals surface area contributed by atoms with Crippen LogP contribution in [0.2, 0.25) is 0 Å². The maximum Gasteiger partial charge on any atom is 0.403 e. The number of hydrogen-bond acceptors (Lipinski definition) is 2. The van der Waals surface area contributed by atoms with Crippen LogP contribution >= 0.6 is 23.2 Å². The van der Waals surface area contributed by atoms with Crippen molar-refractivity contribution < 1.29 is 9.53 Å². The standard InChI is InChI=1S/C7H8.C3H4Cl2O2/c1-7-5-3-2-4-6-7;4-1-2-7-3(5)6/h2-6H,1H3;1-2H2. The number of alkyl halides is 1. The number of ether oxygens (including phenoxy) is 1. The topological polar surface area (TPSA) is 26.3 Å². The predicted octanol–water partition coefficient (Wildman–Crippen LogP) is 3.60. The summed E-state index contributed by atoms with van der Waals surface area (Å²) in [6, 6.07) is 10.3. The van der Waals surface area contributed by atoms with Gasteiger partial charge in [0.1, 0.15) is 6.61 Å². The normalized spacial score (nSPS) is 8.50. The molecule has 2 nitrogen and oxygen atoms in total. The Morgan fingerprint density at radius 2 is 1.93 bits per heavy atom. The van der Waals surface area contributed by atoms with E-state index in [4.69, 9.17) is 23.2 Å². The average molecular weight is 235 g/mol. The number of rotatable bonds is 2. The van der Waals surface area contributed by atoms with Crippen LogP contribution < -0.4 is 0 Å². The van der Waals surface area contributed by atoms with E-state index in [1.165, 1.54) is 5.56 Å². The van der Waals surface area contributed by atoms with Crippen molar-refractivity contribution in [2.45, 2.75) is 6.92 Å². The van der Waals surface area contributed by atoms with Crippen LogP contribution in [0.4, 0.5) is 4.79 Å². The molecule has 14 heavy (non-hydrogen) atoms. The summed E-state index contributed by atoms with van der Waals surface area (Å²) in [4.78, 5) is 9.69. The summed E-state index contributed by atoms with van der Waals surface area (Å²) < 4.78 is 4.19. The second kappa shape index (κ2) is 8.85. The van der Waals surface area contributed by atoms with Gasteiger partial charge in [-0.2, -0.15) is 0 Å². The van der Waals surface area contributed by atoms with Crippen LogP contribution in [-0.4, -0.2) is 17.9 Å². The fourth-order valence-electron chi connectivity index (χ4n) is 0.653. The Balaban J connectivity index is 0.000000241. The highest BCUT2D eigenvalue weighted by atomic mass is 35.5. The van der Waals surface area contributed by atoms with E-state index in [1.807, 2.05) is 18.2 Å². The molecular formula is C10H12Cl2O2. The Hall–Kier alpha value is -0.730. The summed E-state index contributed by atoms with van der Waals surface area (Å²) in [5, 5.41) is 0. The summed E-state index contributed by atoms with van der Waals surface area (Å²) in [6.45, 7) is 2.27. The highest BCUT2D eigenvalue weighted by Gasteiger charge is 1.90. The van der Waals surface area contributed by atoms with Crippen LogP contribution in [0, 0.1) is 6.92 Å². The van der Waals surface area contributed by atoms with Gasteiger partial charge in [0.2, 0.25) is 0 Å². The summed E-state index contributed by atoms with van der Waals surface area (Å²) >= 11 is 9.85. The minimum Gasteiger partial charge on any atom is -0.452 e. The third-order valence-electron chi connectivity index (χ3n) is 1.23. The molecule has 0 unspecified atom stereocenters. The van der Waals surface area contributed by atoms with E-state index in [9.17, 15) is 4.79 Å². The zero-order valence-electron chi connectivity index (χ0n) is 7.87. The van der Waals surface area contributed by atoms with Gasteiger partial charge in [-0.05, 0) is 6.92 Å². The Morgan fingerprint density at radius 1 is 1.36 bits per heavy atom. The lowest BCUT2D eigenvalue weighted by Gasteiger charge is -1.90. The molecule has 0 aliphatic heterocycles. The Kier molecular flexibility index (Phi) is 8.39. The van der Waals surface area contributed by atoms with Crippen molar-refractivity contribution in [3.8, 4) is 0 Å². The van der Waals surface area contributed by atoms with Gasteiger partial charge in [-0.3, -0.25) is 0 Å². The molecule has 0 aromatic heterocycles. The monoisotopic (exact) mass is 234 g/mol. The van der Waals surface area contributed by atoms with Gasteiger partial charge in [0.25, 0.3) is 0 Å². The molecule has 0 radical (unpaired) electrons. The molecule has 1 aromatic rings. The Morgan fingerprint density at radius 3 is 2.14 bits per heavy atom. The minimum atomic E-state index is -0.805. The smallest absolute Gasteiger partial charge is 0.403 e. The van der Waals surface area contributed by atoms with Crippen molar-refractivity contribution in [2.24, 2.45) is 0 Å². The van der Waals surface area contributed by atoms with Gasteiger partial charge in [0.05, 0.1) is 5.88 Å². The van der Waals surface area contributed by atoms with E-state index < -0.39 is 5.43 Å². The second-order valence-corrected chi connectivity index (χ2v) is 3.12. The van der Waals surface area contributed by atoms with Crippen molar-refractivity contribution in [2.75, 3.05) is 12.5 Å². The number of benzene rings is 1. The molecule has 0 fully saturated rings. The van der Waals surface area contributed by atoms with Crippen LogP contribution in [0.3, 0.4) is 0 Å². The summed E-state index contributed by atoms with van der Waals surface area (Å²) in [5.41, 5.74) is 0.517. The van der Waals surface area contributed by atoms with Crippen molar-refractivity contribution >= 4 is 28.6 Å². The molecule has 0 aliphatic carbocycles. The van der Waals surface area contributed by atoms with Gasteiger partial charge in [-0.25, -0.2) is 4.79 Å². The van der Waals surface area contributed by atoms with Crippen molar-refractivity contribution in [1.29, 1.82) is 0 Å². The van der Waals surface area contributed by atoms with Crippen molar-refractivity contribution in [3.05, 3.63) is 35.9 Å².